The minimum absolute atomic E-state index is 0. The van der Waals surface area contributed by atoms with Crippen molar-refractivity contribution in [1.29, 1.82) is 0 Å². The fourth-order valence-electron chi connectivity index (χ4n) is 3.38. The molecule has 32 heavy (non-hydrogen) atoms. The first kappa shape index (κ1) is 20.1. The van der Waals surface area contributed by atoms with E-state index in [2.05, 4.69) is 20.2 Å². The number of hydrogen-bond donors (Lipinski definition) is 1. The second-order valence-corrected chi connectivity index (χ2v) is 9.01. The molecular formula is C21H20N6O4S. The van der Waals surface area contributed by atoms with Crippen molar-refractivity contribution in [1.82, 2.24) is 24.5 Å². The molecule has 10 nitrogen and oxygen atoms in total. The third-order valence-electron chi connectivity index (χ3n) is 5.08. The smallest absolute Gasteiger partial charge is 0.270 e. The third kappa shape index (κ3) is 3.67. The second-order valence-electron chi connectivity index (χ2n) is 7.07. The van der Waals surface area contributed by atoms with E-state index in [-0.39, 0.29) is 30.3 Å². The molecule has 1 aromatic carbocycles. The van der Waals surface area contributed by atoms with Gasteiger partial charge < -0.3 is 14.6 Å². The topological polar surface area (TPSA) is 141 Å². The monoisotopic (exact) mass is 452 g/mol. The first-order valence-electron chi connectivity index (χ1n) is 9.76. The highest BCUT2D eigenvalue weighted by Gasteiger charge is 2.28. The molecule has 0 radical (unpaired) electrons. The molecule has 0 amide bonds. The number of aromatic nitrogens is 4. The van der Waals surface area contributed by atoms with Gasteiger partial charge >= 0.3 is 0 Å². The molecule has 5 rings (SSSR count). The molecular weight excluding hydrogens is 432 g/mol. The summed E-state index contributed by atoms with van der Waals surface area (Å²) < 4.78 is 37.4. The van der Waals surface area contributed by atoms with E-state index in [0.29, 0.717) is 24.6 Å². The average Bonchev–Trinajstić information content (AvgIpc) is 3.53. The summed E-state index contributed by atoms with van der Waals surface area (Å²) in [5.74, 6) is 0.679. The summed E-state index contributed by atoms with van der Waals surface area (Å²) in [5, 5.41) is 8.14. The first-order chi connectivity index (χ1) is 15.5. The normalized spacial score (nSPS) is 14.9. The maximum Gasteiger partial charge on any atom is 0.270 e. The molecule has 0 spiro atoms. The van der Waals surface area contributed by atoms with Crippen molar-refractivity contribution in [3.05, 3.63) is 66.9 Å². The standard InChI is InChI=1S/C21H18N6O4S.H2/c22-19-18(21-26-25-20(31-21)15-4-2-1-3-5-15)24-17(12-23-19)14-6-9-27(10-7-14)32(28,29)16-8-11-30-13-16;/h1-6,8,11-13H,7,9-10H2,(H2,22,23);1H. The molecule has 3 aromatic heterocycles. The van der Waals surface area contributed by atoms with Crippen LogP contribution in [0.3, 0.4) is 0 Å². The van der Waals surface area contributed by atoms with Gasteiger partial charge in [0.25, 0.3) is 5.89 Å². The Kier molecular flexibility index (Phi) is 5.04. The van der Waals surface area contributed by atoms with Gasteiger partial charge in [-0.05, 0) is 30.2 Å². The maximum atomic E-state index is 12.7. The van der Waals surface area contributed by atoms with Crippen LogP contribution in [0, 0.1) is 0 Å². The molecule has 1 aliphatic rings. The van der Waals surface area contributed by atoms with Crippen LogP contribution in [0.25, 0.3) is 28.6 Å². The number of nitrogens with two attached hydrogens (primary N) is 1. The summed E-state index contributed by atoms with van der Waals surface area (Å²) in [6.45, 7) is 0.516. The van der Waals surface area contributed by atoms with Gasteiger partial charge in [0.05, 0.1) is 18.2 Å². The zero-order valence-electron chi connectivity index (χ0n) is 16.7. The van der Waals surface area contributed by atoms with Crippen molar-refractivity contribution in [2.45, 2.75) is 11.3 Å². The van der Waals surface area contributed by atoms with Gasteiger partial charge in [-0.15, -0.1) is 10.2 Å². The summed E-state index contributed by atoms with van der Waals surface area (Å²) in [5.41, 5.74) is 8.52. The van der Waals surface area contributed by atoms with Gasteiger partial charge in [0.15, 0.2) is 11.5 Å². The van der Waals surface area contributed by atoms with Crippen LogP contribution in [0.15, 0.2) is 74.9 Å². The Morgan fingerprint density at radius 1 is 1.09 bits per heavy atom. The van der Waals surface area contributed by atoms with Crippen LogP contribution < -0.4 is 5.73 Å². The highest BCUT2D eigenvalue weighted by Crippen LogP contribution is 2.29. The highest BCUT2D eigenvalue weighted by molar-refractivity contribution is 7.89. The zero-order valence-corrected chi connectivity index (χ0v) is 17.6. The highest BCUT2D eigenvalue weighted by atomic mass is 32.2. The van der Waals surface area contributed by atoms with E-state index in [0.717, 1.165) is 11.1 Å². The summed E-state index contributed by atoms with van der Waals surface area (Å²) >= 11 is 0. The minimum Gasteiger partial charge on any atom is -0.471 e. The molecule has 1 aliphatic heterocycles. The number of nitrogen functional groups attached to an aromatic ring is 1. The predicted molar refractivity (Wildman–Crippen MR) is 117 cm³/mol. The van der Waals surface area contributed by atoms with Crippen molar-refractivity contribution in [3.63, 3.8) is 0 Å². The molecule has 11 heteroatoms. The lowest BCUT2D eigenvalue weighted by atomic mass is 10.1. The summed E-state index contributed by atoms with van der Waals surface area (Å²) in [6.07, 6.45) is 6.40. The van der Waals surface area contributed by atoms with E-state index in [1.165, 1.54) is 22.9 Å². The lowest BCUT2D eigenvalue weighted by Crippen LogP contribution is -2.34. The number of furan rings is 1. The predicted octanol–water partition coefficient (Wildman–Crippen LogP) is 3.09. The van der Waals surface area contributed by atoms with E-state index < -0.39 is 10.0 Å². The Labute approximate surface area is 185 Å². The Balaban J connectivity index is 0.00000259. The number of anilines is 1. The van der Waals surface area contributed by atoms with Gasteiger partial charge in [0, 0.05) is 20.1 Å². The van der Waals surface area contributed by atoms with E-state index in [4.69, 9.17) is 14.6 Å². The lowest BCUT2D eigenvalue weighted by molar-refractivity contribution is 0.439. The molecule has 0 fully saturated rings. The number of rotatable bonds is 5. The van der Waals surface area contributed by atoms with Crippen LogP contribution in [0.5, 0.6) is 0 Å². The molecule has 0 saturated carbocycles. The minimum atomic E-state index is -3.60. The summed E-state index contributed by atoms with van der Waals surface area (Å²) in [7, 11) is -3.60. The molecule has 0 bridgehead atoms. The maximum absolute atomic E-state index is 12.7. The van der Waals surface area contributed by atoms with E-state index in [1.807, 2.05) is 36.4 Å². The van der Waals surface area contributed by atoms with Crippen molar-refractivity contribution in [2.75, 3.05) is 18.8 Å². The molecule has 2 N–H and O–H groups in total. The van der Waals surface area contributed by atoms with Gasteiger partial charge in [-0.1, -0.05) is 24.3 Å². The van der Waals surface area contributed by atoms with Crippen molar-refractivity contribution >= 4 is 21.4 Å². The number of benzene rings is 1. The van der Waals surface area contributed by atoms with Crippen molar-refractivity contribution in [3.8, 4) is 23.0 Å². The molecule has 0 aliphatic carbocycles. The van der Waals surface area contributed by atoms with Crippen LogP contribution in [-0.4, -0.2) is 46.0 Å². The van der Waals surface area contributed by atoms with E-state index in [9.17, 15) is 8.42 Å². The molecule has 0 saturated heterocycles. The number of hydrogen-bond acceptors (Lipinski definition) is 9. The van der Waals surface area contributed by atoms with Gasteiger partial charge in [-0.2, -0.15) is 4.31 Å². The Bertz CT molecular complexity index is 1390. The van der Waals surface area contributed by atoms with Crippen molar-refractivity contribution < 1.29 is 18.7 Å². The lowest BCUT2D eigenvalue weighted by Gasteiger charge is -2.25. The van der Waals surface area contributed by atoms with Crippen LogP contribution in [0.1, 0.15) is 13.5 Å². The Hall–Kier alpha value is -3.83. The van der Waals surface area contributed by atoms with Crippen LogP contribution in [0.4, 0.5) is 5.82 Å². The fourth-order valence-corrected chi connectivity index (χ4v) is 4.68. The summed E-state index contributed by atoms with van der Waals surface area (Å²) in [4.78, 5) is 8.93. The fraction of sp³-hybridized carbons (Fsp3) is 0.143. The van der Waals surface area contributed by atoms with Gasteiger partial charge in [0.1, 0.15) is 11.2 Å². The largest absolute Gasteiger partial charge is 0.471 e. The molecule has 164 valence electrons. The molecule has 0 atom stereocenters. The second kappa shape index (κ2) is 8.02. The average molecular weight is 452 g/mol. The van der Waals surface area contributed by atoms with E-state index >= 15 is 0 Å². The zero-order chi connectivity index (χ0) is 22.1. The van der Waals surface area contributed by atoms with Crippen molar-refractivity contribution in [2.24, 2.45) is 0 Å². The third-order valence-corrected chi connectivity index (χ3v) is 6.92. The molecule has 0 unspecified atom stereocenters. The molecule has 4 aromatic rings. The Morgan fingerprint density at radius 2 is 1.91 bits per heavy atom. The van der Waals surface area contributed by atoms with Crippen LogP contribution in [-0.2, 0) is 10.0 Å². The van der Waals surface area contributed by atoms with Crippen LogP contribution in [0.2, 0.25) is 0 Å². The Morgan fingerprint density at radius 3 is 2.62 bits per heavy atom. The molecule has 4 heterocycles. The van der Waals surface area contributed by atoms with Gasteiger partial charge in [-0.25, -0.2) is 18.4 Å². The number of nitrogens with zero attached hydrogens (tertiary/aromatic N) is 5. The van der Waals surface area contributed by atoms with E-state index in [1.54, 1.807) is 6.20 Å². The quantitative estimate of drug-likeness (QED) is 0.483. The van der Waals surface area contributed by atoms with Gasteiger partial charge in [-0.3, -0.25) is 0 Å². The SMILES string of the molecule is Nc1ncc(C2=CCN(S(=O)(=O)c3ccoc3)CC2)nc1-c1nnc(-c2ccccc2)o1.[HH]. The summed E-state index contributed by atoms with van der Waals surface area (Å²) in [6, 6.07) is 10.8. The van der Waals surface area contributed by atoms with Gasteiger partial charge in [0.2, 0.25) is 15.9 Å². The first-order valence-corrected chi connectivity index (χ1v) is 11.2. The van der Waals surface area contributed by atoms with Crippen LogP contribution >= 0.6 is 0 Å². The number of sulfonamides is 1.